The second-order valence-electron chi connectivity index (χ2n) is 9.78. The molecule has 2 aromatic heterocycles. The van der Waals surface area contributed by atoms with E-state index in [1.807, 2.05) is 30.9 Å². The highest BCUT2D eigenvalue weighted by molar-refractivity contribution is 5.94. The maximum absolute atomic E-state index is 13.2. The largest absolute Gasteiger partial charge is 0.467 e. The second-order valence-corrected chi connectivity index (χ2v) is 9.78. The summed E-state index contributed by atoms with van der Waals surface area (Å²) < 4.78 is 7.32. The minimum atomic E-state index is -0.0388. The van der Waals surface area contributed by atoms with E-state index in [-0.39, 0.29) is 5.91 Å². The fourth-order valence-corrected chi connectivity index (χ4v) is 5.42. The summed E-state index contributed by atoms with van der Waals surface area (Å²) in [4.78, 5) is 17.5. The van der Waals surface area contributed by atoms with Crippen LogP contribution in [0.25, 0.3) is 0 Å². The maximum Gasteiger partial charge on any atom is 0.274 e. The number of rotatable bonds is 7. The van der Waals surface area contributed by atoms with E-state index in [0.717, 1.165) is 50.2 Å². The fourth-order valence-electron chi connectivity index (χ4n) is 5.42. The predicted molar refractivity (Wildman–Crippen MR) is 131 cm³/mol. The smallest absolute Gasteiger partial charge is 0.274 e. The number of amides is 1. The van der Waals surface area contributed by atoms with Crippen molar-refractivity contribution >= 4 is 5.91 Å². The summed E-state index contributed by atoms with van der Waals surface area (Å²) in [6, 6.07) is 15.4. The molecule has 3 aromatic rings. The maximum atomic E-state index is 13.2. The summed E-state index contributed by atoms with van der Waals surface area (Å²) in [7, 11) is 3.77. The Bertz CT molecular complexity index is 1080. The minimum absolute atomic E-state index is 0.0388. The lowest BCUT2D eigenvalue weighted by atomic mass is 9.89. The van der Waals surface area contributed by atoms with Gasteiger partial charge in [-0.3, -0.25) is 14.4 Å². The molecule has 1 aliphatic carbocycles. The van der Waals surface area contributed by atoms with Crippen molar-refractivity contribution in [1.29, 1.82) is 0 Å². The number of piperidine rings is 1. The van der Waals surface area contributed by atoms with Gasteiger partial charge in [0.05, 0.1) is 12.8 Å². The van der Waals surface area contributed by atoms with Crippen LogP contribution in [-0.4, -0.2) is 57.7 Å². The average Bonchev–Trinajstić information content (AvgIpc) is 3.48. The molecule has 2 aliphatic rings. The number of aromatic nitrogens is 2. The Morgan fingerprint density at radius 2 is 1.91 bits per heavy atom. The zero-order valence-corrected chi connectivity index (χ0v) is 20.2. The van der Waals surface area contributed by atoms with Gasteiger partial charge in [0.15, 0.2) is 5.69 Å². The van der Waals surface area contributed by atoms with Gasteiger partial charge in [0, 0.05) is 44.0 Å². The fraction of sp³-hybridized carbons (Fsp3) is 0.481. The summed E-state index contributed by atoms with van der Waals surface area (Å²) in [6.45, 7) is 3.73. The Labute approximate surface area is 201 Å². The van der Waals surface area contributed by atoms with E-state index >= 15 is 0 Å². The number of likely N-dealkylation sites (tertiary alicyclic amines) is 1. The van der Waals surface area contributed by atoms with E-state index in [9.17, 15) is 4.79 Å². The lowest BCUT2D eigenvalue weighted by Crippen LogP contribution is -2.47. The second kappa shape index (κ2) is 10.2. The third kappa shape index (κ3) is 5.10. The standard InChI is InChI=1S/C27H35N5O2/c1-30(19-23-9-6-16-34-23)27(33)26-24-17-22(10-11-25(24)31(2)29-26)28-21-12-14-32(15-13-21)18-20-7-4-3-5-8-20/h3-9,16,21-22,28H,10-15,17-19H2,1-2H3/t22-/m0/s1. The van der Waals surface area contributed by atoms with Crippen molar-refractivity contribution in [3.05, 3.63) is 77.0 Å². The van der Waals surface area contributed by atoms with Gasteiger partial charge in [-0.05, 0) is 62.9 Å². The molecule has 180 valence electrons. The highest BCUT2D eigenvalue weighted by Crippen LogP contribution is 2.27. The van der Waals surface area contributed by atoms with E-state index in [1.54, 1.807) is 11.2 Å². The number of benzene rings is 1. The molecule has 1 amide bonds. The number of nitrogens with one attached hydrogen (secondary N) is 1. The molecule has 1 aromatic carbocycles. The van der Waals surface area contributed by atoms with Crippen LogP contribution in [0.2, 0.25) is 0 Å². The van der Waals surface area contributed by atoms with Gasteiger partial charge in [-0.15, -0.1) is 0 Å². The third-order valence-corrected chi connectivity index (χ3v) is 7.29. The van der Waals surface area contributed by atoms with E-state index in [2.05, 4.69) is 45.6 Å². The van der Waals surface area contributed by atoms with Crippen molar-refractivity contribution in [2.24, 2.45) is 7.05 Å². The zero-order valence-electron chi connectivity index (χ0n) is 20.2. The van der Waals surface area contributed by atoms with Crippen LogP contribution >= 0.6 is 0 Å². The van der Waals surface area contributed by atoms with Gasteiger partial charge in [0.25, 0.3) is 5.91 Å². The van der Waals surface area contributed by atoms with Gasteiger partial charge >= 0.3 is 0 Å². The molecule has 1 aliphatic heterocycles. The molecule has 0 radical (unpaired) electrons. The van der Waals surface area contributed by atoms with Gasteiger partial charge in [0.1, 0.15) is 5.76 Å². The number of hydrogen-bond donors (Lipinski definition) is 1. The first-order chi connectivity index (χ1) is 16.6. The molecule has 1 saturated heterocycles. The quantitative estimate of drug-likeness (QED) is 0.584. The molecule has 3 heterocycles. The first-order valence-electron chi connectivity index (χ1n) is 12.4. The Morgan fingerprint density at radius 1 is 1.12 bits per heavy atom. The van der Waals surface area contributed by atoms with Crippen LogP contribution in [0.3, 0.4) is 0 Å². The van der Waals surface area contributed by atoms with Crippen LogP contribution in [0.5, 0.6) is 0 Å². The Kier molecular flexibility index (Phi) is 6.83. The molecule has 1 atom stereocenters. The minimum Gasteiger partial charge on any atom is -0.467 e. The van der Waals surface area contributed by atoms with E-state index < -0.39 is 0 Å². The Morgan fingerprint density at radius 3 is 2.65 bits per heavy atom. The van der Waals surface area contributed by atoms with Gasteiger partial charge in [-0.1, -0.05) is 30.3 Å². The summed E-state index contributed by atoms with van der Waals surface area (Å²) >= 11 is 0. The third-order valence-electron chi connectivity index (χ3n) is 7.29. The molecule has 5 rings (SSSR count). The summed E-state index contributed by atoms with van der Waals surface area (Å²) in [5.41, 5.74) is 4.30. The molecule has 1 N–H and O–H groups in total. The lowest BCUT2D eigenvalue weighted by molar-refractivity contribution is 0.0767. The number of nitrogens with zero attached hydrogens (tertiary/aromatic N) is 4. The molecule has 34 heavy (non-hydrogen) atoms. The molecule has 7 nitrogen and oxygen atoms in total. The number of aryl methyl sites for hydroxylation is 1. The average molecular weight is 462 g/mol. The molecule has 0 bridgehead atoms. The molecule has 0 spiro atoms. The highest BCUT2D eigenvalue weighted by Gasteiger charge is 2.31. The van der Waals surface area contributed by atoms with Gasteiger partial charge < -0.3 is 14.6 Å². The van der Waals surface area contributed by atoms with E-state index in [4.69, 9.17) is 4.42 Å². The van der Waals surface area contributed by atoms with Crippen molar-refractivity contribution < 1.29 is 9.21 Å². The van der Waals surface area contributed by atoms with Crippen LogP contribution in [0, 0.1) is 0 Å². The number of carbonyl (C=O) groups is 1. The number of furan rings is 1. The van der Waals surface area contributed by atoms with Gasteiger partial charge in [0.2, 0.25) is 0 Å². The highest BCUT2D eigenvalue weighted by atomic mass is 16.3. The SMILES string of the molecule is CN(Cc1ccco1)C(=O)c1nn(C)c2c1C[C@@H](NC1CCN(Cc3ccccc3)CC1)CC2. The van der Waals surface area contributed by atoms with Crippen LogP contribution in [0.4, 0.5) is 0 Å². The van der Waals surface area contributed by atoms with E-state index in [1.165, 1.54) is 24.1 Å². The van der Waals surface area contributed by atoms with E-state index in [0.29, 0.717) is 24.3 Å². The monoisotopic (exact) mass is 461 g/mol. The summed E-state index contributed by atoms with van der Waals surface area (Å²) in [6.07, 6.45) is 6.88. The van der Waals surface area contributed by atoms with Crippen molar-refractivity contribution in [2.45, 2.75) is 57.3 Å². The predicted octanol–water partition coefficient (Wildman–Crippen LogP) is 3.40. The van der Waals surface area contributed by atoms with Crippen molar-refractivity contribution in [3.63, 3.8) is 0 Å². The topological polar surface area (TPSA) is 66.5 Å². The molecule has 7 heteroatoms. The van der Waals surface area contributed by atoms with Crippen LogP contribution in [-0.2, 0) is 33.0 Å². The molecule has 0 unspecified atom stereocenters. The molecule has 1 fully saturated rings. The van der Waals surface area contributed by atoms with Crippen LogP contribution in [0.1, 0.15) is 52.3 Å². The molecular formula is C27H35N5O2. The normalized spacial score (nSPS) is 19.2. The zero-order chi connectivity index (χ0) is 23.5. The molecule has 0 saturated carbocycles. The van der Waals surface area contributed by atoms with Crippen molar-refractivity contribution in [2.75, 3.05) is 20.1 Å². The summed E-state index contributed by atoms with van der Waals surface area (Å²) in [5.74, 6) is 0.738. The first kappa shape index (κ1) is 22.9. The van der Waals surface area contributed by atoms with Crippen LogP contribution in [0.15, 0.2) is 53.1 Å². The van der Waals surface area contributed by atoms with Gasteiger partial charge in [-0.2, -0.15) is 5.10 Å². The Hall–Kier alpha value is -2.90. The molecular weight excluding hydrogens is 426 g/mol. The van der Waals surface area contributed by atoms with Crippen molar-refractivity contribution in [1.82, 2.24) is 24.9 Å². The number of fused-ring (bicyclic) bond motifs is 1. The number of hydrogen-bond acceptors (Lipinski definition) is 5. The summed E-state index contributed by atoms with van der Waals surface area (Å²) in [5, 5.41) is 8.55. The van der Waals surface area contributed by atoms with Crippen molar-refractivity contribution in [3.8, 4) is 0 Å². The lowest BCUT2D eigenvalue weighted by Gasteiger charge is -2.35. The first-order valence-corrected chi connectivity index (χ1v) is 12.4. The van der Waals surface area contributed by atoms with Crippen LogP contribution < -0.4 is 5.32 Å². The van der Waals surface area contributed by atoms with Gasteiger partial charge in [-0.25, -0.2) is 0 Å². The Balaban J connectivity index is 1.18. The number of carbonyl (C=O) groups excluding carboxylic acids is 1.